The van der Waals surface area contributed by atoms with Crippen molar-refractivity contribution >= 4 is 0 Å². The minimum absolute atomic E-state index is 0.185. The monoisotopic (exact) mass is 269 g/mol. The van der Waals surface area contributed by atoms with Gasteiger partial charge in [0.1, 0.15) is 0 Å². The summed E-state index contributed by atoms with van der Waals surface area (Å²) in [6.45, 7) is 0.796. The van der Waals surface area contributed by atoms with Crippen LogP contribution in [0.25, 0.3) is 0 Å². The smallest absolute Gasteiger partial charge is 0.160 e. The molecular weight excluding hydrogens is 250 g/mol. The lowest BCUT2D eigenvalue weighted by molar-refractivity contribution is 0.372. The summed E-state index contributed by atoms with van der Waals surface area (Å²) in [5.41, 5.74) is 2.53. The van der Waals surface area contributed by atoms with Crippen LogP contribution in [-0.4, -0.2) is 18.3 Å². The molecule has 0 spiro atoms. The molecule has 2 atom stereocenters. The molecule has 1 fully saturated rings. The number of benzene rings is 2. The van der Waals surface area contributed by atoms with Crippen LogP contribution in [0.1, 0.15) is 23.5 Å². The molecule has 1 aliphatic carbocycles. The van der Waals surface area contributed by atoms with Gasteiger partial charge in [0.2, 0.25) is 0 Å². The Hall–Kier alpha value is -2.00. The maximum absolute atomic E-state index is 9.57. The number of hydrogen-bond donors (Lipinski definition) is 2. The van der Waals surface area contributed by atoms with Crippen molar-refractivity contribution in [3.8, 4) is 11.5 Å². The van der Waals surface area contributed by atoms with E-state index in [1.165, 1.54) is 12.0 Å². The first kappa shape index (κ1) is 13.0. The molecule has 0 aromatic heterocycles. The first-order valence-electron chi connectivity index (χ1n) is 6.92. The molecule has 2 N–H and O–H groups in total. The Morgan fingerprint density at radius 3 is 2.75 bits per heavy atom. The second-order valence-corrected chi connectivity index (χ2v) is 5.25. The number of ether oxygens (including phenoxy) is 1. The molecule has 0 amide bonds. The van der Waals surface area contributed by atoms with Crippen LogP contribution in [0, 0.1) is 0 Å². The van der Waals surface area contributed by atoms with Crippen molar-refractivity contribution in [3.63, 3.8) is 0 Å². The molecule has 0 heterocycles. The predicted molar refractivity (Wildman–Crippen MR) is 79.1 cm³/mol. The van der Waals surface area contributed by atoms with Crippen LogP contribution in [-0.2, 0) is 6.54 Å². The van der Waals surface area contributed by atoms with E-state index in [1.54, 1.807) is 13.2 Å². The number of rotatable bonds is 5. The molecule has 2 unspecified atom stereocenters. The maximum Gasteiger partial charge on any atom is 0.160 e. The van der Waals surface area contributed by atoms with Gasteiger partial charge in [-0.05, 0) is 29.7 Å². The normalized spacial score (nSPS) is 20.6. The first-order valence-corrected chi connectivity index (χ1v) is 6.92. The van der Waals surface area contributed by atoms with Crippen molar-refractivity contribution in [3.05, 3.63) is 59.7 Å². The Kier molecular flexibility index (Phi) is 3.61. The highest BCUT2D eigenvalue weighted by atomic mass is 16.5. The Labute approximate surface area is 119 Å². The molecule has 3 rings (SSSR count). The summed E-state index contributed by atoms with van der Waals surface area (Å²) < 4.78 is 5.12. The van der Waals surface area contributed by atoms with Gasteiger partial charge in [0.25, 0.3) is 0 Å². The standard InChI is InChI=1S/C17H19NO2/c1-20-17-9-12(7-8-16(17)19)11-18-15-10-14(15)13-5-3-2-4-6-13/h2-9,14-15,18-19H,10-11H2,1H3. The highest BCUT2D eigenvalue weighted by molar-refractivity contribution is 5.41. The molecule has 1 saturated carbocycles. The van der Waals surface area contributed by atoms with Gasteiger partial charge in [-0.15, -0.1) is 0 Å². The van der Waals surface area contributed by atoms with E-state index in [1.807, 2.05) is 12.1 Å². The molecule has 0 aliphatic heterocycles. The molecular formula is C17H19NO2. The van der Waals surface area contributed by atoms with Gasteiger partial charge in [-0.2, -0.15) is 0 Å². The highest BCUT2D eigenvalue weighted by Gasteiger charge is 2.37. The SMILES string of the molecule is COc1cc(CNC2CC2c2ccccc2)ccc1O. The Morgan fingerprint density at radius 2 is 2.00 bits per heavy atom. The van der Waals surface area contributed by atoms with Crippen LogP contribution in [0.3, 0.4) is 0 Å². The summed E-state index contributed by atoms with van der Waals surface area (Å²) in [7, 11) is 1.57. The number of phenols is 1. The lowest BCUT2D eigenvalue weighted by Gasteiger charge is -2.08. The molecule has 20 heavy (non-hydrogen) atoms. The summed E-state index contributed by atoms with van der Waals surface area (Å²) in [6.07, 6.45) is 1.19. The van der Waals surface area contributed by atoms with Crippen LogP contribution in [0.5, 0.6) is 11.5 Å². The van der Waals surface area contributed by atoms with Crippen LogP contribution < -0.4 is 10.1 Å². The third kappa shape index (κ3) is 2.78. The Morgan fingerprint density at radius 1 is 1.20 bits per heavy atom. The molecule has 104 valence electrons. The highest BCUT2D eigenvalue weighted by Crippen LogP contribution is 2.40. The van der Waals surface area contributed by atoms with Gasteiger partial charge >= 0.3 is 0 Å². The van der Waals surface area contributed by atoms with Crippen LogP contribution >= 0.6 is 0 Å². The maximum atomic E-state index is 9.57. The fourth-order valence-electron chi connectivity index (χ4n) is 2.57. The van der Waals surface area contributed by atoms with E-state index in [4.69, 9.17) is 4.74 Å². The molecule has 2 aromatic carbocycles. The summed E-state index contributed by atoms with van der Waals surface area (Å²) >= 11 is 0. The topological polar surface area (TPSA) is 41.5 Å². The third-order valence-electron chi connectivity index (χ3n) is 3.83. The molecule has 0 saturated heterocycles. The van der Waals surface area contributed by atoms with E-state index in [9.17, 15) is 5.11 Å². The van der Waals surface area contributed by atoms with E-state index in [-0.39, 0.29) is 5.75 Å². The van der Waals surface area contributed by atoms with Crippen LogP contribution in [0.2, 0.25) is 0 Å². The summed E-state index contributed by atoms with van der Waals surface area (Å²) in [5.74, 6) is 1.35. The second-order valence-electron chi connectivity index (χ2n) is 5.25. The van der Waals surface area contributed by atoms with Crippen molar-refractivity contribution in [2.24, 2.45) is 0 Å². The largest absolute Gasteiger partial charge is 0.504 e. The van der Waals surface area contributed by atoms with E-state index >= 15 is 0 Å². The average Bonchev–Trinajstić information content (AvgIpc) is 3.27. The quantitative estimate of drug-likeness (QED) is 0.876. The molecule has 3 heteroatoms. The fraction of sp³-hybridized carbons (Fsp3) is 0.294. The van der Waals surface area contributed by atoms with Crippen molar-refractivity contribution < 1.29 is 9.84 Å². The van der Waals surface area contributed by atoms with Crippen molar-refractivity contribution in [2.45, 2.75) is 24.9 Å². The van der Waals surface area contributed by atoms with Gasteiger partial charge in [0, 0.05) is 18.5 Å². The molecule has 3 nitrogen and oxygen atoms in total. The van der Waals surface area contributed by atoms with Gasteiger partial charge in [-0.3, -0.25) is 0 Å². The average molecular weight is 269 g/mol. The first-order chi connectivity index (χ1) is 9.78. The zero-order chi connectivity index (χ0) is 13.9. The minimum Gasteiger partial charge on any atom is -0.504 e. The zero-order valence-corrected chi connectivity index (χ0v) is 11.5. The lowest BCUT2D eigenvalue weighted by atomic mass is 10.1. The van der Waals surface area contributed by atoms with Gasteiger partial charge in [0.05, 0.1) is 7.11 Å². The van der Waals surface area contributed by atoms with E-state index in [0.29, 0.717) is 17.7 Å². The van der Waals surface area contributed by atoms with Gasteiger partial charge in [0.15, 0.2) is 11.5 Å². The van der Waals surface area contributed by atoms with Gasteiger partial charge in [-0.1, -0.05) is 36.4 Å². The van der Waals surface area contributed by atoms with Crippen LogP contribution in [0.15, 0.2) is 48.5 Å². The Bertz CT molecular complexity index is 583. The number of aromatic hydroxyl groups is 1. The number of nitrogens with one attached hydrogen (secondary N) is 1. The third-order valence-corrected chi connectivity index (χ3v) is 3.83. The van der Waals surface area contributed by atoms with E-state index < -0.39 is 0 Å². The van der Waals surface area contributed by atoms with Crippen molar-refractivity contribution in [1.29, 1.82) is 0 Å². The summed E-state index contributed by atoms with van der Waals surface area (Å²) in [6, 6.07) is 16.6. The van der Waals surface area contributed by atoms with E-state index in [0.717, 1.165) is 12.1 Å². The molecule has 1 aliphatic rings. The number of hydrogen-bond acceptors (Lipinski definition) is 3. The number of methoxy groups -OCH3 is 1. The Balaban J connectivity index is 1.56. The van der Waals surface area contributed by atoms with Crippen molar-refractivity contribution in [1.82, 2.24) is 5.32 Å². The summed E-state index contributed by atoms with van der Waals surface area (Å²) in [5, 5.41) is 13.1. The van der Waals surface area contributed by atoms with Gasteiger partial charge in [-0.25, -0.2) is 0 Å². The molecule has 0 radical (unpaired) electrons. The fourth-order valence-corrected chi connectivity index (χ4v) is 2.57. The second kappa shape index (κ2) is 5.55. The lowest BCUT2D eigenvalue weighted by Crippen LogP contribution is -2.17. The van der Waals surface area contributed by atoms with Crippen molar-refractivity contribution in [2.75, 3.05) is 7.11 Å². The van der Waals surface area contributed by atoms with Gasteiger partial charge < -0.3 is 15.2 Å². The minimum atomic E-state index is 0.185. The zero-order valence-electron chi connectivity index (χ0n) is 11.5. The molecule has 0 bridgehead atoms. The number of phenolic OH excluding ortho intramolecular Hbond substituents is 1. The van der Waals surface area contributed by atoms with Crippen LogP contribution in [0.4, 0.5) is 0 Å². The predicted octanol–water partition coefficient (Wildman–Crippen LogP) is 3.05. The molecule has 2 aromatic rings. The van der Waals surface area contributed by atoms with E-state index in [2.05, 4.69) is 35.6 Å². The summed E-state index contributed by atoms with van der Waals surface area (Å²) in [4.78, 5) is 0.